The highest BCUT2D eigenvalue weighted by molar-refractivity contribution is 7.98. The third-order valence-corrected chi connectivity index (χ3v) is 4.55. The summed E-state index contributed by atoms with van der Waals surface area (Å²) in [6.45, 7) is 5.06. The number of nitrogens with two attached hydrogens (primary N) is 1. The van der Waals surface area contributed by atoms with Crippen molar-refractivity contribution in [1.82, 2.24) is 0 Å². The first-order chi connectivity index (χ1) is 11.4. The summed E-state index contributed by atoms with van der Waals surface area (Å²) in [5.41, 5.74) is 7.34. The van der Waals surface area contributed by atoms with Crippen molar-refractivity contribution >= 4 is 23.5 Å². The highest BCUT2D eigenvalue weighted by atomic mass is 32.2. The van der Waals surface area contributed by atoms with Crippen LogP contribution in [0.5, 0.6) is 0 Å². The van der Waals surface area contributed by atoms with Gasteiger partial charge in [-0.05, 0) is 44.7 Å². The van der Waals surface area contributed by atoms with Crippen molar-refractivity contribution in [3.8, 4) is 0 Å². The molecule has 24 heavy (non-hydrogen) atoms. The SMILES string of the molecule is CCOC(=O)C1=C(N)OC(C)=C(C(C)=O)[C@@H]1c1ccc(SC)cc1. The second-order valence-corrected chi connectivity index (χ2v) is 6.21. The van der Waals surface area contributed by atoms with Gasteiger partial charge in [0.2, 0.25) is 5.88 Å². The maximum absolute atomic E-state index is 12.4. The summed E-state index contributed by atoms with van der Waals surface area (Å²) in [7, 11) is 0. The molecule has 1 aliphatic rings. The van der Waals surface area contributed by atoms with E-state index in [1.807, 2.05) is 30.5 Å². The Balaban J connectivity index is 2.60. The molecule has 1 heterocycles. The summed E-state index contributed by atoms with van der Waals surface area (Å²) in [5, 5.41) is 0. The van der Waals surface area contributed by atoms with E-state index in [0.717, 1.165) is 10.5 Å². The van der Waals surface area contributed by atoms with E-state index in [1.165, 1.54) is 6.92 Å². The topological polar surface area (TPSA) is 78.6 Å². The Labute approximate surface area is 145 Å². The molecule has 0 fully saturated rings. The maximum Gasteiger partial charge on any atom is 0.340 e. The van der Waals surface area contributed by atoms with Crippen LogP contribution in [0.15, 0.2) is 51.9 Å². The number of rotatable bonds is 5. The number of hydrogen-bond donors (Lipinski definition) is 1. The van der Waals surface area contributed by atoms with Crippen LogP contribution in [0.25, 0.3) is 0 Å². The summed E-state index contributed by atoms with van der Waals surface area (Å²) in [5.74, 6) is -0.936. The Kier molecular flexibility index (Phi) is 5.72. The molecule has 1 aromatic carbocycles. The monoisotopic (exact) mass is 347 g/mol. The average Bonchev–Trinajstić information content (AvgIpc) is 2.53. The summed E-state index contributed by atoms with van der Waals surface area (Å²) in [6.07, 6.45) is 1.98. The van der Waals surface area contributed by atoms with Gasteiger partial charge in [-0.2, -0.15) is 0 Å². The lowest BCUT2D eigenvalue weighted by molar-refractivity contribution is -0.139. The summed E-state index contributed by atoms with van der Waals surface area (Å²) in [6, 6.07) is 7.68. The van der Waals surface area contributed by atoms with E-state index < -0.39 is 11.9 Å². The van der Waals surface area contributed by atoms with Crippen molar-refractivity contribution in [1.29, 1.82) is 0 Å². The number of allylic oxidation sites excluding steroid dienone is 2. The number of esters is 1. The Morgan fingerprint density at radius 1 is 1.25 bits per heavy atom. The van der Waals surface area contributed by atoms with Crippen LogP contribution in [0.2, 0.25) is 0 Å². The molecule has 0 bridgehead atoms. The Hall–Kier alpha value is -2.21. The number of carbonyl (C=O) groups excluding carboxylic acids is 2. The third kappa shape index (κ3) is 3.48. The normalized spacial score (nSPS) is 17.6. The van der Waals surface area contributed by atoms with E-state index in [-0.39, 0.29) is 23.8 Å². The first-order valence-electron chi connectivity index (χ1n) is 7.60. The van der Waals surface area contributed by atoms with Crippen LogP contribution in [0.3, 0.4) is 0 Å². The minimum absolute atomic E-state index is 0.0186. The van der Waals surface area contributed by atoms with Gasteiger partial charge in [0.25, 0.3) is 0 Å². The van der Waals surface area contributed by atoms with Gasteiger partial charge in [0.05, 0.1) is 12.5 Å². The zero-order valence-electron chi connectivity index (χ0n) is 14.2. The van der Waals surface area contributed by atoms with Crippen molar-refractivity contribution < 1.29 is 19.1 Å². The first kappa shape index (κ1) is 18.1. The molecule has 0 saturated carbocycles. The molecule has 0 unspecified atom stereocenters. The van der Waals surface area contributed by atoms with E-state index in [9.17, 15) is 9.59 Å². The highest BCUT2D eigenvalue weighted by Crippen LogP contribution is 2.40. The fraction of sp³-hybridized carbons (Fsp3) is 0.333. The third-order valence-electron chi connectivity index (χ3n) is 3.81. The summed E-state index contributed by atoms with van der Waals surface area (Å²) >= 11 is 1.62. The van der Waals surface area contributed by atoms with Crippen LogP contribution in [-0.4, -0.2) is 24.6 Å². The van der Waals surface area contributed by atoms with Crippen LogP contribution in [-0.2, 0) is 19.1 Å². The molecule has 5 nitrogen and oxygen atoms in total. The molecule has 0 amide bonds. The van der Waals surface area contributed by atoms with Gasteiger partial charge in [-0.3, -0.25) is 4.79 Å². The molecule has 6 heteroatoms. The number of ketones is 1. The minimum atomic E-state index is -0.591. The number of Topliss-reactive ketones (excluding diaryl/α,β-unsaturated/α-hetero) is 1. The van der Waals surface area contributed by atoms with E-state index in [1.54, 1.807) is 25.6 Å². The quantitative estimate of drug-likeness (QED) is 0.651. The molecule has 1 aromatic rings. The average molecular weight is 347 g/mol. The fourth-order valence-electron chi connectivity index (χ4n) is 2.77. The van der Waals surface area contributed by atoms with Crippen molar-refractivity contribution in [3.05, 3.63) is 52.6 Å². The molecule has 0 saturated heterocycles. The van der Waals surface area contributed by atoms with E-state index in [4.69, 9.17) is 15.2 Å². The zero-order chi connectivity index (χ0) is 17.9. The molecule has 128 valence electrons. The highest BCUT2D eigenvalue weighted by Gasteiger charge is 2.37. The molecule has 2 N–H and O–H groups in total. The number of benzene rings is 1. The van der Waals surface area contributed by atoms with E-state index in [0.29, 0.717) is 11.3 Å². The minimum Gasteiger partial charge on any atom is -0.462 e. The van der Waals surface area contributed by atoms with Crippen LogP contribution in [0, 0.1) is 0 Å². The van der Waals surface area contributed by atoms with Crippen molar-refractivity contribution in [2.24, 2.45) is 5.73 Å². The Morgan fingerprint density at radius 2 is 1.88 bits per heavy atom. The Morgan fingerprint density at radius 3 is 2.38 bits per heavy atom. The van der Waals surface area contributed by atoms with E-state index >= 15 is 0 Å². The van der Waals surface area contributed by atoms with Gasteiger partial charge in [0.1, 0.15) is 11.3 Å². The standard InChI is InChI=1S/C18H21NO4S/c1-5-22-18(21)16-15(12-6-8-13(24-4)9-7-12)14(10(2)20)11(3)23-17(16)19/h6-9,15H,5,19H2,1-4H3/t15-/m0/s1. The van der Waals surface area contributed by atoms with Gasteiger partial charge in [-0.15, -0.1) is 11.8 Å². The van der Waals surface area contributed by atoms with E-state index in [2.05, 4.69) is 0 Å². The van der Waals surface area contributed by atoms with Crippen LogP contribution < -0.4 is 5.73 Å². The lowest BCUT2D eigenvalue weighted by atomic mass is 9.81. The van der Waals surface area contributed by atoms with Gasteiger partial charge in [-0.25, -0.2) is 4.79 Å². The number of ether oxygens (including phenoxy) is 2. The van der Waals surface area contributed by atoms with Crippen LogP contribution in [0.4, 0.5) is 0 Å². The molecule has 0 aliphatic carbocycles. The fourth-order valence-corrected chi connectivity index (χ4v) is 3.18. The van der Waals surface area contributed by atoms with Crippen molar-refractivity contribution in [3.63, 3.8) is 0 Å². The summed E-state index contributed by atoms with van der Waals surface area (Å²) in [4.78, 5) is 25.7. The van der Waals surface area contributed by atoms with Gasteiger partial charge in [0.15, 0.2) is 5.78 Å². The number of carbonyl (C=O) groups is 2. The Bertz CT molecular complexity index is 719. The van der Waals surface area contributed by atoms with Gasteiger partial charge in [0, 0.05) is 10.5 Å². The largest absolute Gasteiger partial charge is 0.462 e. The maximum atomic E-state index is 12.4. The second-order valence-electron chi connectivity index (χ2n) is 5.33. The predicted molar refractivity (Wildman–Crippen MR) is 93.3 cm³/mol. The molecular formula is C18H21NO4S. The van der Waals surface area contributed by atoms with Gasteiger partial charge in [-0.1, -0.05) is 12.1 Å². The molecule has 2 rings (SSSR count). The smallest absolute Gasteiger partial charge is 0.340 e. The van der Waals surface area contributed by atoms with Crippen LogP contribution in [0.1, 0.15) is 32.3 Å². The van der Waals surface area contributed by atoms with Crippen LogP contribution >= 0.6 is 11.8 Å². The molecule has 0 spiro atoms. The van der Waals surface area contributed by atoms with Gasteiger partial charge >= 0.3 is 5.97 Å². The number of hydrogen-bond acceptors (Lipinski definition) is 6. The molecular weight excluding hydrogens is 326 g/mol. The summed E-state index contributed by atoms with van der Waals surface area (Å²) < 4.78 is 10.6. The lowest BCUT2D eigenvalue weighted by Crippen LogP contribution is -2.28. The van der Waals surface area contributed by atoms with Gasteiger partial charge < -0.3 is 15.2 Å². The number of thioether (sulfide) groups is 1. The zero-order valence-corrected chi connectivity index (χ0v) is 15.0. The molecule has 0 aromatic heterocycles. The van der Waals surface area contributed by atoms with Crippen molar-refractivity contribution in [2.45, 2.75) is 31.6 Å². The second kappa shape index (κ2) is 7.57. The van der Waals surface area contributed by atoms with Crippen molar-refractivity contribution in [2.75, 3.05) is 12.9 Å². The molecule has 1 aliphatic heterocycles. The lowest BCUT2D eigenvalue weighted by Gasteiger charge is -2.28. The predicted octanol–water partition coefficient (Wildman–Crippen LogP) is 3.12. The molecule has 0 radical (unpaired) electrons. The molecule has 1 atom stereocenters. The first-order valence-corrected chi connectivity index (χ1v) is 8.83.